The van der Waals surface area contributed by atoms with E-state index >= 15 is 0 Å². The first-order valence-corrected chi connectivity index (χ1v) is 7.74. The summed E-state index contributed by atoms with van der Waals surface area (Å²) in [5.41, 5.74) is 2.29. The molecule has 0 spiro atoms. The lowest BCUT2D eigenvalue weighted by Crippen LogP contribution is -2.50. The van der Waals surface area contributed by atoms with Gasteiger partial charge in [0.25, 0.3) is 0 Å². The summed E-state index contributed by atoms with van der Waals surface area (Å²) in [4.78, 5) is 18.2. The third kappa shape index (κ3) is 2.46. The van der Waals surface area contributed by atoms with Gasteiger partial charge in [-0.05, 0) is 58.8 Å². The molecule has 1 saturated heterocycles. The number of amides is 1. The molecule has 3 heterocycles. The van der Waals surface area contributed by atoms with Gasteiger partial charge in [0.05, 0.1) is 12.6 Å². The molecule has 0 N–H and O–H groups in total. The maximum Gasteiger partial charge on any atom is 0.410 e. The second kappa shape index (κ2) is 5.56. The van der Waals surface area contributed by atoms with E-state index in [-0.39, 0.29) is 12.1 Å². The molecule has 20 heavy (non-hydrogen) atoms. The minimum absolute atomic E-state index is 0.121. The highest BCUT2D eigenvalue weighted by Crippen LogP contribution is 2.39. The zero-order valence-electron chi connectivity index (χ0n) is 11.4. The van der Waals surface area contributed by atoms with Crippen LogP contribution < -0.4 is 0 Å². The van der Waals surface area contributed by atoms with Gasteiger partial charge in [-0.1, -0.05) is 6.08 Å². The van der Waals surface area contributed by atoms with Crippen molar-refractivity contribution in [2.45, 2.75) is 25.8 Å². The molecule has 1 fully saturated rings. The van der Waals surface area contributed by atoms with Gasteiger partial charge >= 0.3 is 6.09 Å². The van der Waals surface area contributed by atoms with Crippen molar-refractivity contribution < 1.29 is 9.53 Å². The fourth-order valence-electron chi connectivity index (χ4n) is 3.09. The summed E-state index contributed by atoms with van der Waals surface area (Å²) in [5, 5.41) is 0. The number of fused-ring (bicyclic) bond motifs is 2. The van der Waals surface area contributed by atoms with Crippen molar-refractivity contribution in [3.05, 3.63) is 34.6 Å². The predicted octanol–water partition coefficient (Wildman–Crippen LogP) is 3.48. The largest absolute Gasteiger partial charge is 0.450 e. The summed E-state index contributed by atoms with van der Waals surface area (Å²) in [7, 11) is 0. The van der Waals surface area contributed by atoms with E-state index in [1.807, 2.05) is 18.0 Å². The quantitative estimate of drug-likeness (QED) is 0.830. The van der Waals surface area contributed by atoms with Crippen LogP contribution in [0.15, 0.2) is 29.0 Å². The van der Waals surface area contributed by atoms with Crippen LogP contribution in [-0.4, -0.2) is 35.2 Å². The Balaban J connectivity index is 1.91. The lowest BCUT2D eigenvalue weighted by molar-refractivity contribution is 0.0769. The Kier molecular flexibility index (Phi) is 3.78. The number of carbonyl (C=O) groups is 1. The zero-order valence-corrected chi connectivity index (χ0v) is 13.0. The van der Waals surface area contributed by atoms with Crippen LogP contribution in [-0.2, 0) is 4.74 Å². The van der Waals surface area contributed by atoms with Gasteiger partial charge in [0.15, 0.2) is 0 Å². The standard InChI is InChI=1S/C15H17BrN2O2/c1-2-20-15(19)18-9-10-3-4-14(18)13(5-10)11-6-12(16)8-17-7-11/h5-8,10,14H,2-4,9H2,1H3. The van der Waals surface area contributed by atoms with Crippen molar-refractivity contribution in [1.82, 2.24) is 9.88 Å². The first-order valence-electron chi connectivity index (χ1n) is 6.95. The number of pyridine rings is 1. The Morgan fingerprint density at radius 3 is 3.05 bits per heavy atom. The Morgan fingerprint density at radius 1 is 1.50 bits per heavy atom. The summed E-state index contributed by atoms with van der Waals surface area (Å²) < 4.78 is 6.14. The van der Waals surface area contributed by atoms with Gasteiger partial charge in [-0.2, -0.15) is 0 Å². The van der Waals surface area contributed by atoms with E-state index in [1.54, 1.807) is 6.20 Å². The summed E-state index contributed by atoms with van der Waals surface area (Å²) in [6.07, 6.45) is 7.88. The Bertz CT molecular complexity index is 559. The van der Waals surface area contributed by atoms with Crippen LogP contribution in [0.4, 0.5) is 4.79 Å². The number of piperidine rings is 1. The number of rotatable bonds is 2. The monoisotopic (exact) mass is 336 g/mol. The molecule has 5 heteroatoms. The topological polar surface area (TPSA) is 42.4 Å². The number of nitrogens with zero attached hydrogens (tertiary/aromatic N) is 2. The van der Waals surface area contributed by atoms with Crippen molar-refractivity contribution in [2.24, 2.45) is 5.92 Å². The third-order valence-electron chi connectivity index (χ3n) is 3.93. The second-order valence-electron chi connectivity index (χ2n) is 5.22. The molecule has 1 amide bonds. The lowest BCUT2D eigenvalue weighted by atomic mass is 9.79. The van der Waals surface area contributed by atoms with Crippen molar-refractivity contribution in [3.8, 4) is 0 Å². The molecule has 2 unspecified atom stereocenters. The van der Waals surface area contributed by atoms with Gasteiger partial charge in [-0.25, -0.2) is 4.79 Å². The third-order valence-corrected chi connectivity index (χ3v) is 4.37. The molecule has 2 atom stereocenters. The van der Waals surface area contributed by atoms with Gasteiger partial charge in [0.2, 0.25) is 0 Å². The maximum absolute atomic E-state index is 12.1. The van der Waals surface area contributed by atoms with E-state index in [2.05, 4.69) is 33.1 Å². The van der Waals surface area contributed by atoms with Gasteiger partial charge in [0.1, 0.15) is 0 Å². The number of hydrogen-bond donors (Lipinski definition) is 0. The molecule has 106 valence electrons. The number of aromatic nitrogens is 1. The number of carbonyl (C=O) groups excluding carboxylic acids is 1. The normalized spacial score (nSPS) is 24.5. The van der Waals surface area contributed by atoms with Crippen LogP contribution >= 0.6 is 15.9 Å². The average molecular weight is 337 g/mol. The van der Waals surface area contributed by atoms with E-state index in [4.69, 9.17) is 4.74 Å². The van der Waals surface area contributed by atoms with Gasteiger partial charge in [0, 0.05) is 23.4 Å². The maximum atomic E-state index is 12.1. The summed E-state index contributed by atoms with van der Waals surface area (Å²) in [6.45, 7) is 3.04. The highest BCUT2D eigenvalue weighted by molar-refractivity contribution is 9.10. The van der Waals surface area contributed by atoms with Crippen molar-refractivity contribution >= 4 is 27.6 Å². The fourth-order valence-corrected chi connectivity index (χ4v) is 3.45. The first-order chi connectivity index (χ1) is 9.69. The molecule has 0 radical (unpaired) electrons. The molecule has 1 aliphatic carbocycles. The van der Waals surface area contributed by atoms with E-state index in [0.717, 1.165) is 29.4 Å². The van der Waals surface area contributed by atoms with Crippen LogP contribution in [0.3, 0.4) is 0 Å². The highest BCUT2D eigenvalue weighted by atomic mass is 79.9. The summed E-state index contributed by atoms with van der Waals surface area (Å²) in [5.74, 6) is 0.429. The predicted molar refractivity (Wildman–Crippen MR) is 80.2 cm³/mol. The average Bonchev–Trinajstić information content (AvgIpc) is 2.48. The molecule has 0 aromatic carbocycles. The number of ether oxygens (including phenoxy) is 1. The minimum Gasteiger partial charge on any atom is -0.450 e. The molecule has 1 aromatic heterocycles. The minimum atomic E-state index is -0.198. The Hall–Kier alpha value is -1.36. The Morgan fingerprint density at radius 2 is 2.35 bits per heavy atom. The fraction of sp³-hybridized carbons (Fsp3) is 0.467. The zero-order chi connectivity index (χ0) is 14.1. The van der Waals surface area contributed by atoms with E-state index in [9.17, 15) is 4.79 Å². The van der Waals surface area contributed by atoms with Gasteiger partial charge < -0.3 is 9.64 Å². The van der Waals surface area contributed by atoms with Crippen molar-refractivity contribution in [1.29, 1.82) is 0 Å². The van der Waals surface area contributed by atoms with E-state index < -0.39 is 0 Å². The van der Waals surface area contributed by atoms with E-state index in [0.29, 0.717) is 12.5 Å². The number of hydrogen-bond acceptors (Lipinski definition) is 3. The lowest BCUT2D eigenvalue weighted by Gasteiger charge is -2.44. The Labute approximate surface area is 127 Å². The first kappa shape index (κ1) is 13.6. The smallest absolute Gasteiger partial charge is 0.410 e. The molecule has 4 nitrogen and oxygen atoms in total. The molecule has 1 aromatic rings. The number of halogens is 1. The molecular weight excluding hydrogens is 320 g/mol. The second-order valence-corrected chi connectivity index (χ2v) is 6.13. The van der Waals surface area contributed by atoms with Crippen LogP contribution in [0.1, 0.15) is 25.3 Å². The molecule has 0 saturated carbocycles. The van der Waals surface area contributed by atoms with Crippen LogP contribution in [0.5, 0.6) is 0 Å². The molecule has 2 bridgehead atoms. The van der Waals surface area contributed by atoms with Crippen LogP contribution in [0, 0.1) is 5.92 Å². The van der Waals surface area contributed by atoms with Crippen molar-refractivity contribution in [2.75, 3.05) is 13.2 Å². The molecule has 2 aliphatic heterocycles. The summed E-state index contributed by atoms with van der Waals surface area (Å²) in [6, 6.07) is 2.18. The molecule has 4 rings (SSSR count). The summed E-state index contributed by atoms with van der Waals surface area (Å²) >= 11 is 3.46. The molecule has 3 aliphatic rings. The molecular formula is C15H17BrN2O2. The van der Waals surface area contributed by atoms with Crippen LogP contribution in [0.2, 0.25) is 0 Å². The van der Waals surface area contributed by atoms with Gasteiger partial charge in [-0.3, -0.25) is 4.98 Å². The highest BCUT2D eigenvalue weighted by Gasteiger charge is 2.38. The van der Waals surface area contributed by atoms with Crippen molar-refractivity contribution in [3.63, 3.8) is 0 Å². The van der Waals surface area contributed by atoms with E-state index in [1.165, 1.54) is 5.57 Å². The van der Waals surface area contributed by atoms with Crippen LogP contribution in [0.25, 0.3) is 5.57 Å². The SMILES string of the molecule is CCOC(=O)N1CC2C=C(c3cncc(Br)c3)C1CC2. The van der Waals surface area contributed by atoms with Gasteiger partial charge in [-0.15, -0.1) is 0 Å².